The molecule has 24 heavy (non-hydrogen) atoms. The summed E-state index contributed by atoms with van der Waals surface area (Å²) in [6.45, 7) is 1.60. The Morgan fingerprint density at radius 2 is 2.04 bits per heavy atom. The lowest BCUT2D eigenvalue weighted by Crippen LogP contribution is -2.35. The Bertz CT molecular complexity index is 909. The summed E-state index contributed by atoms with van der Waals surface area (Å²) in [6.07, 6.45) is 8.59. The second-order valence-corrected chi connectivity index (χ2v) is 7.01. The number of aromatic nitrogens is 4. The first-order chi connectivity index (χ1) is 11.6. The topological polar surface area (TPSA) is 89.9 Å². The van der Waals surface area contributed by atoms with Crippen LogP contribution in [0.15, 0.2) is 18.6 Å². The summed E-state index contributed by atoms with van der Waals surface area (Å²) in [5.41, 5.74) is 8.85. The molecule has 4 rings (SSSR count). The van der Waals surface area contributed by atoms with Gasteiger partial charge in [0.25, 0.3) is 5.91 Å². The number of fused-ring (bicyclic) bond motifs is 1. The minimum absolute atomic E-state index is 0.0000669. The zero-order valence-corrected chi connectivity index (χ0v) is 14.2. The second-order valence-electron chi connectivity index (χ2n) is 6.01. The second kappa shape index (κ2) is 5.86. The van der Waals surface area contributed by atoms with Gasteiger partial charge in [-0.25, -0.2) is 9.97 Å². The Morgan fingerprint density at radius 3 is 2.75 bits per heavy atom. The van der Waals surface area contributed by atoms with Crippen LogP contribution in [0.5, 0.6) is 0 Å². The van der Waals surface area contributed by atoms with Gasteiger partial charge in [-0.2, -0.15) is 5.10 Å². The van der Waals surface area contributed by atoms with Gasteiger partial charge in [-0.15, -0.1) is 11.3 Å². The molecule has 0 spiro atoms. The number of nitrogens with two attached hydrogens (primary N) is 1. The molecule has 3 aromatic heterocycles. The van der Waals surface area contributed by atoms with E-state index in [4.69, 9.17) is 5.73 Å². The van der Waals surface area contributed by atoms with Gasteiger partial charge in [0.05, 0.1) is 23.8 Å². The van der Waals surface area contributed by atoms with Gasteiger partial charge in [-0.1, -0.05) is 0 Å². The lowest BCUT2D eigenvalue weighted by molar-refractivity contribution is 0.0730. The molecule has 0 aliphatic carbocycles. The van der Waals surface area contributed by atoms with E-state index in [2.05, 4.69) is 15.1 Å². The fourth-order valence-corrected chi connectivity index (χ4v) is 4.00. The third-order valence-corrected chi connectivity index (χ3v) is 5.35. The lowest BCUT2D eigenvalue weighted by atomic mass is 10.1. The number of hydrogen-bond donors (Lipinski definition) is 1. The van der Waals surface area contributed by atoms with E-state index < -0.39 is 0 Å². The summed E-state index contributed by atoms with van der Waals surface area (Å²) >= 11 is 1.32. The van der Waals surface area contributed by atoms with Crippen LogP contribution in [-0.2, 0) is 7.05 Å². The van der Waals surface area contributed by atoms with Gasteiger partial charge in [0.15, 0.2) is 0 Å². The third-order valence-electron chi connectivity index (χ3n) is 4.28. The van der Waals surface area contributed by atoms with Crippen molar-refractivity contribution in [3.8, 4) is 11.3 Å². The van der Waals surface area contributed by atoms with Gasteiger partial charge < -0.3 is 10.6 Å². The maximum Gasteiger partial charge on any atom is 0.266 e. The molecule has 0 unspecified atom stereocenters. The van der Waals surface area contributed by atoms with Crippen molar-refractivity contribution in [1.29, 1.82) is 0 Å². The molecule has 0 radical (unpaired) electrons. The number of anilines is 1. The van der Waals surface area contributed by atoms with Crippen LogP contribution in [-0.4, -0.2) is 43.6 Å². The van der Waals surface area contributed by atoms with E-state index in [9.17, 15) is 4.79 Å². The number of amides is 1. The Balaban J connectivity index is 1.72. The number of hydrogen-bond acceptors (Lipinski definition) is 6. The standard InChI is InChI=1S/C16H18N6OS/c1-21-9-10(7-19-21)11-8-18-13-12(17)14(24-15(13)20-11)16(23)22-5-3-2-4-6-22/h7-9H,2-6,17H2,1H3. The third kappa shape index (κ3) is 2.52. The first-order valence-electron chi connectivity index (χ1n) is 7.97. The first kappa shape index (κ1) is 15.1. The number of likely N-dealkylation sites (tertiary alicyclic amines) is 1. The molecule has 8 heteroatoms. The molecule has 7 nitrogen and oxygen atoms in total. The highest BCUT2D eigenvalue weighted by Crippen LogP contribution is 2.33. The summed E-state index contributed by atoms with van der Waals surface area (Å²) in [5.74, 6) is -0.0000669. The van der Waals surface area contributed by atoms with Crippen LogP contribution in [0.2, 0.25) is 0 Å². The van der Waals surface area contributed by atoms with E-state index in [1.54, 1.807) is 17.1 Å². The number of rotatable bonds is 2. The quantitative estimate of drug-likeness (QED) is 0.772. The monoisotopic (exact) mass is 342 g/mol. The van der Waals surface area contributed by atoms with Gasteiger partial charge in [-0.3, -0.25) is 9.48 Å². The fourth-order valence-electron chi connectivity index (χ4n) is 2.98. The molecule has 1 saturated heterocycles. The van der Waals surface area contributed by atoms with Crippen LogP contribution in [0, 0.1) is 0 Å². The number of piperidine rings is 1. The number of carbonyl (C=O) groups is 1. The number of carbonyl (C=O) groups excluding carboxylic acids is 1. The molecule has 1 amide bonds. The highest BCUT2D eigenvalue weighted by Gasteiger charge is 2.24. The van der Waals surface area contributed by atoms with Gasteiger partial charge in [0, 0.05) is 31.9 Å². The molecule has 0 atom stereocenters. The average molecular weight is 342 g/mol. The first-order valence-corrected chi connectivity index (χ1v) is 8.78. The molecule has 2 N–H and O–H groups in total. The Labute approximate surface area is 143 Å². The molecule has 4 heterocycles. The van der Waals surface area contributed by atoms with E-state index >= 15 is 0 Å². The molecule has 1 aliphatic rings. The molecular weight excluding hydrogens is 324 g/mol. The largest absolute Gasteiger partial charge is 0.396 e. The zero-order chi connectivity index (χ0) is 16.7. The van der Waals surface area contributed by atoms with E-state index in [0.717, 1.165) is 37.2 Å². The van der Waals surface area contributed by atoms with Crippen LogP contribution in [0.3, 0.4) is 0 Å². The van der Waals surface area contributed by atoms with Crippen molar-refractivity contribution in [1.82, 2.24) is 24.6 Å². The predicted molar refractivity (Wildman–Crippen MR) is 93.8 cm³/mol. The smallest absolute Gasteiger partial charge is 0.266 e. The fraction of sp³-hybridized carbons (Fsp3) is 0.375. The molecule has 1 aliphatic heterocycles. The lowest BCUT2D eigenvalue weighted by Gasteiger charge is -2.26. The minimum atomic E-state index is -0.0000669. The van der Waals surface area contributed by atoms with E-state index in [1.165, 1.54) is 17.8 Å². The van der Waals surface area contributed by atoms with Crippen molar-refractivity contribution in [3.05, 3.63) is 23.5 Å². The van der Waals surface area contributed by atoms with Crippen LogP contribution in [0.1, 0.15) is 28.9 Å². The number of nitrogen functional groups attached to an aromatic ring is 1. The van der Waals surface area contributed by atoms with Crippen LogP contribution < -0.4 is 5.73 Å². The van der Waals surface area contributed by atoms with Crippen LogP contribution >= 0.6 is 11.3 Å². The van der Waals surface area contributed by atoms with Crippen molar-refractivity contribution < 1.29 is 4.79 Å². The van der Waals surface area contributed by atoms with Gasteiger partial charge in [0.2, 0.25) is 0 Å². The van der Waals surface area contributed by atoms with Gasteiger partial charge >= 0.3 is 0 Å². The van der Waals surface area contributed by atoms with Crippen molar-refractivity contribution in [2.75, 3.05) is 18.8 Å². The normalized spacial score (nSPS) is 15.1. The summed E-state index contributed by atoms with van der Waals surface area (Å²) in [7, 11) is 1.86. The summed E-state index contributed by atoms with van der Waals surface area (Å²) < 4.78 is 1.72. The minimum Gasteiger partial charge on any atom is -0.396 e. The van der Waals surface area contributed by atoms with Crippen LogP contribution in [0.25, 0.3) is 21.6 Å². The molecule has 0 bridgehead atoms. The Morgan fingerprint density at radius 1 is 1.25 bits per heavy atom. The van der Waals surface area contributed by atoms with Gasteiger partial charge in [-0.05, 0) is 19.3 Å². The number of thiophene rings is 1. The maximum absolute atomic E-state index is 12.7. The Hall–Kier alpha value is -2.48. The molecule has 1 fully saturated rings. The zero-order valence-electron chi connectivity index (χ0n) is 13.4. The van der Waals surface area contributed by atoms with Crippen LogP contribution in [0.4, 0.5) is 5.69 Å². The highest BCUT2D eigenvalue weighted by molar-refractivity contribution is 7.21. The summed E-state index contributed by atoms with van der Waals surface area (Å²) in [6, 6.07) is 0. The van der Waals surface area contributed by atoms with Crippen molar-refractivity contribution in [2.45, 2.75) is 19.3 Å². The molecule has 124 valence electrons. The maximum atomic E-state index is 12.7. The van der Waals surface area contributed by atoms with Crippen molar-refractivity contribution >= 4 is 33.3 Å². The van der Waals surface area contributed by atoms with Gasteiger partial charge in [0.1, 0.15) is 15.2 Å². The summed E-state index contributed by atoms with van der Waals surface area (Å²) in [4.78, 5) is 24.9. The molecular formula is C16H18N6OS. The van der Waals surface area contributed by atoms with Crippen molar-refractivity contribution in [2.24, 2.45) is 7.05 Å². The highest BCUT2D eigenvalue weighted by atomic mass is 32.1. The van der Waals surface area contributed by atoms with E-state index in [-0.39, 0.29) is 5.91 Å². The van der Waals surface area contributed by atoms with E-state index in [1.807, 2.05) is 18.1 Å². The summed E-state index contributed by atoms with van der Waals surface area (Å²) in [5, 5.41) is 4.15. The van der Waals surface area contributed by atoms with Crippen molar-refractivity contribution in [3.63, 3.8) is 0 Å². The SMILES string of the molecule is Cn1cc(-c2cnc3c(N)c(C(=O)N4CCCCC4)sc3n2)cn1. The number of nitrogens with zero attached hydrogens (tertiary/aromatic N) is 5. The molecule has 3 aromatic rings. The Kier molecular flexibility index (Phi) is 3.68. The van der Waals surface area contributed by atoms with E-state index in [0.29, 0.717) is 20.9 Å². The predicted octanol–water partition coefficient (Wildman–Crippen LogP) is 2.30. The number of aryl methyl sites for hydroxylation is 1. The molecule has 0 aromatic carbocycles. The molecule has 0 saturated carbocycles. The average Bonchev–Trinajstić information content (AvgIpc) is 3.18.